The molecule has 4 N–H and O–H groups in total. The lowest BCUT2D eigenvalue weighted by atomic mass is 10.4. The molecule has 2 amide bonds. The van der Waals surface area contributed by atoms with Crippen LogP contribution in [0.5, 0.6) is 0 Å². The van der Waals surface area contributed by atoms with Gasteiger partial charge in [0, 0.05) is 13.2 Å². The van der Waals surface area contributed by atoms with E-state index in [9.17, 15) is 14.4 Å². The number of nitrogens with one attached hydrogen (secondary N) is 2. The lowest BCUT2D eigenvalue weighted by Crippen LogP contribution is -2.36. The van der Waals surface area contributed by atoms with Gasteiger partial charge in [-0.2, -0.15) is 0 Å². The van der Waals surface area contributed by atoms with E-state index in [1.54, 1.807) is 24.7 Å². The van der Waals surface area contributed by atoms with Gasteiger partial charge >= 0.3 is 5.97 Å². The van der Waals surface area contributed by atoms with Crippen LogP contribution in [0.3, 0.4) is 0 Å². The lowest BCUT2D eigenvalue weighted by Gasteiger charge is -2.03. The van der Waals surface area contributed by atoms with E-state index in [0.717, 1.165) is 0 Å². The maximum absolute atomic E-state index is 11.6. The second-order valence-corrected chi connectivity index (χ2v) is 3.97. The van der Waals surface area contributed by atoms with Crippen LogP contribution in [0.15, 0.2) is 12.3 Å². The summed E-state index contributed by atoms with van der Waals surface area (Å²) in [6.45, 7) is 1.63. The van der Waals surface area contributed by atoms with Crippen molar-refractivity contribution in [3.63, 3.8) is 0 Å². The number of hydrogen-bond donors (Lipinski definition) is 3. The maximum atomic E-state index is 11.6. The first-order chi connectivity index (χ1) is 9.47. The Morgan fingerprint density at radius 3 is 2.57 bits per heavy atom. The monoisotopic (exact) mass is 318 g/mol. The summed E-state index contributed by atoms with van der Waals surface area (Å²) in [7, 11) is 1.66. The smallest absolute Gasteiger partial charge is 0.355 e. The van der Waals surface area contributed by atoms with E-state index in [0.29, 0.717) is 11.4 Å². The van der Waals surface area contributed by atoms with Gasteiger partial charge in [0.15, 0.2) is 0 Å². The molecule has 1 rings (SSSR count). The average Bonchev–Trinajstić information content (AvgIpc) is 2.77. The highest BCUT2D eigenvalue weighted by Gasteiger charge is 2.14. The normalized spacial score (nSPS) is 9.48. The topological polar surface area (TPSA) is 115 Å². The number of aromatic nitrogens is 1. The Labute approximate surface area is 128 Å². The molecule has 1 heterocycles. The minimum atomic E-state index is -0.466. The quantitative estimate of drug-likeness (QED) is 0.619. The number of carbonyl (C=O) groups is 3. The summed E-state index contributed by atoms with van der Waals surface area (Å²) in [5.41, 5.74) is 5.87. The molecule has 8 nitrogen and oxygen atoms in total. The van der Waals surface area contributed by atoms with E-state index >= 15 is 0 Å². The van der Waals surface area contributed by atoms with Crippen LogP contribution in [-0.2, 0) is 21.4 Å². The molecule has 118 valence electrons. The van der Waals surface area contributed by atoms with E-state index in [1.807, 2.05) is 0 Å². The fraction of sp³-hybridized carbons (Fsp3) is 0.417. The van der Waals surface area contributed by atoms with Gasteiger partial charge in [0.2, 0.25) is 11.8 Å². The fourth-order valence-electron chi connectivity index (χ4n) is 1.50. The average molecular weight is 319 g/mol. The lowest BCUT2D eigenvalue weighted by molar-refractivity contribution is -0.123. The van der Waals surface area contributed by atoms with Crippen molar-refractivity contribution in [3.05, 3.63) is 18.0 Å². The van der Waals surface area contributed by atoms with E-state index < -0.39 is 17.8 Å². The van der Waals surface area contributed by atoms with Crippen LogP contribution in [0.25, 0.3) is 0 Å². The van der Waals surface area contributed by atoms with Crippen LogP contribution < -0.4 is 16.4 Å². The zero-order valence-corrected chi connectivity index (χ0v) is 12.7. The molecule has 1 aromatic heterocycles. The Kier molecular flexibility index (Phi) is 8.10. The summed E-state index contributed by atoms with van der Waals surface area (Å²) in [6.07, 6.45) is 1.58. The van der Waals surface area contributed by atoms with Crippen molar-refractivity contribution >= 4 is 35.9 Å². The van der Waals surface area contributed by atoms with E-state index in [2.05, 4.69) is 10.6 Å². The van der Waals surface area contributed by atoms with E-state index in [1.165, 1.54) is 6.07 Å². The standard InChI is InChI=1S/C12H18N4O4.ClH/c1-3-20-12(19)9-4-8(7-16(9)2)15-11(18)6-14-10(17)5-13;/h4,7H,3,5-6,13H2,1-2H3,(H,14,17)(H,15,18);1H. The van der Waals surface area contributed by atoms with Crippen LogP contribution in [0.2, 0.25) is 0 Å². The van der Waals surface area contributed by atoms with Gasteiger partial charge in [0.1, 0.15) is 5.69 Å². The van der Waals surface area contributed by atoms with E-state index in [4.69, 9.17) is 10.5 Å². The Morgan fingerprint density at radius 1 is 1.33 bits per heavy atom. The predicted octanol–water partition coefficient (Wildman–Crippen LogP) is -0.363. The summed E-state index contributed by atoms with van der Waals surface area (Å²) in [4.78, 5) is 34.1. The molecule has 9 heteroatoms. The number of rotatable bonds is 6. The molecule has 0 unspecified atom stereocenters. The SMILES string of the molecule is CCOC(=O)c1cc(NC(=O)CNC(=O)CN)cn1C.Cl. The molecule has 0 aliphatic heterocycles. The van der Waals surface area contributed by atoms with Crippen molar-refractivity contribution in [2.45, 2.75) is 6.92 Å². The zero-order chi connectivity index (χ0) is 15.1. The minimum absolute atomic E-state index is 0. The largest absolute Gasteiger partial charge is 0.461 e. The molecular weight excluding hydrogens is 300 g/mol. The second-order valence-electron chi connectivity index (χ2n) is 3.97. The molecule has 0 atom stereocenters. The first-order valence-electron chi connectivity index (χ1n) is 6.08. The molecular formula is C12H19ClN4O4. The Bertz CT molecular complexity index is 515. The number of ether oxygens (including phenoxy) is 1. The van der Waals surface area contributed by atoms with Crippen molar-refractivity contribution in [1.82, 2.24) is 9.88 Å². The van der Waals surface area contributed by atoms with E-state index in [-0.39, 0.29) is 32.1 Å². The van der Waals surface area contributed by atoms with Crippen LogP contribution in [-0.4, -0.2) is 42.0 Å². The Hall–Kier alpha value is -2.06. The number of nitrogens with two attached hydrogens (primary N) is 1. The molecule has 21 heavy (non-hydrogen) atoms. The molecule has 0 aromatic carbocycles. The summed E-state index contributed by atoms with van der Waals surface area (Å²) >= 11 is 0. The third-order valence-corrected chi connectivity index (χ3v) is 2.40. The number of aryl methyl sites for hydroxylation is 1. The summed E-state index contributed by atoms with van der Waals surface area (Å²) in [5.74, 6) is -1.29. The number of nitrogens with zero attached hydrogens (tertiary/aromatic N) is 1. The molecule has 0 spiro atoms. The van der Waals surface area contributed by atoms with Gasteiger partial charge in [0.05, 0.1) is 25.4 Å². The molecule has 0 saturated heterocycles. The van der Waals surface area contributed by atoms with Crippen molar-refractivity contribution < 1.29 is 19.1 Å². The third-order valence-electron chi connectivity index (χ3n) is 2.40. The summed E-state index contributed by atoms with van der Waals surface area (Å²) < 4.78 is 6.42. The zero-order valence-electron chi connectivity index (χ0n) is 11.8. The number of amides is 2. The molecule has 0 radical (unpaired) electrons. The molecule has 0 saturated carbocycles. The van der Waals surface area contributed by atoms with Crippen molar-refractivity contribution in [2.75, 3.05) is 25.0 Å². The Balaban J connectivity index is 0.00000400. The number of halogens is 1. The molecule has 0 aliphatic carbocycles. The van der Waals surface area contributed by atoms with Gasteiger partial charge in [-0.15, -0.1) is 12.4 Å². The highest BCUT2D eigenvalue weighted by molar-refractivity contribution is 5.96. The van der Waals surface area contributed by atoms with Crippen molar-refractivity contribution in [2.24, 2.45) is 12.8 Å². The van der Waals surface area contributed by atoms with Crippen LogP contribution in [0, 0.1) is 0 Å². The second kappa shape index (κ2) is 8.98. The summed E-state index contributed by atoms with van der Waals surface area (Å²) in [6, 6.07) is 1.50. The van der Waals surface area contributed by atoms with Crippen molar-refractivity contribution in [1.29, 1.82) is 0 Å². The highest BCUT2D eigenvalue weighted by atomic mass is 35.5. The first-order valence-corrected chi connectivity index (χ1v) is 6.08. The van der Waals surface area contributed by atoms with Crippen LogP contribution in [0.1, 0.15) is 17.4 Å². The predicted molar refractivity (Wildman–Crippen MR) is 79.3 cm³/mol. The molecule has 0 bridgehead atoms. The van der Waals surface area contributed by atoms with Gasteiger partial charge in [-0.05, 0) is 13.0 Å². The fourth-order valence-corrected chi connectivity index (χ4v) is 1.50. The third kappa shape index (κ3) is 5.84. The van der Waals surface area contributed by atoms with Crippen LogP contribution in [0.4, 0.5) is 5.69 Å². The highest BCUT2D eigenvalue weighted by Crippen LogP contribution is 2.13. The first kappa shape index (κ1) is 18.9. The Morgan fingerprint density at radius 2 is 2.00 bits per heavy atom. The number of carbonyl (C=O) groups excluding carboxylic acids is 3. The molecule has 1 aromatic rings. The number of anilines is 1. The number of esters is 1. The van der Waals surface area contributed by atoms with Gasteiger partial charge in [0.25, 0.3) is 0 Å². The minimum Gasteiger partial charge on any atom is -0.461 e. The summed E-state index contributed by atoms with van der Waals surface area (Å²) in [5, 5.41) is 4.90. The molecule has 0 fully saturated rings. The van der Waals surface area contributed by atoms with Gasteiger partial charge in [-0.25, -0.2) is 4.79 Å². The van der Waals surface area contributed by atoms with Crippen LogP contribution >= 0.6 is 12.4 Å². The van der Waals surface area contributed by atoms with Gasteiger partial charge in [-0.3, -0.25) is 9.59 Å². The van der Waals surface area contributed by atoms with Gasteiger partial charge in [-0.1, -0.05) is 0 Å². The molecule has 0 aliphatic rings. The van der Waals surface area contributed by atoms with Gasteiger partial charge < -0.3 is 25.7 Å². The maximum Gasteiger partial charge on any atom is 0.355 e. The number of hydrogen-bond acceptors (Lipinski definition) is 5. The van der Waals surface area contributed by atoms with Crippen molar-refractivity contribution in [3.8, 4) is 0 Å².